The summed E-state index contributed by atoms with van der Waals surface area (Å²) < 4.78 is 24.3. The third-order valence-corrected chi connectivity index (χ3v) is 3.69. The lowest BCUT2D eigenvalue weighted by atomic mass is 10.2. The second-order valence-corrected chi connectivity index (χ2v) is 6.25. The lowest BCUT2D eigenvalue weighted by Crippen LogP contribution is -2.57. The van der Waals surface area contributed by atoms with E-state index in [1.54, 1.807) is 30.3 Å². The zero-order valence-corrected chi connectivity index (χ0v) is 13.8. The fourth-order valence-electron chi connectivity index (χ4n) is 2.04. The minimum atomic E-state index is -1.62. The smallest absolute Gasteiger partial charge is 0.340 e. The first-order valence-electron chi connectivity index (χ1n) is 6.90. The van der Waals surface area contributed by atoms with Crippen molar-refractivity contribution in [3.8, 4) is 0 Å². The molecule has 2 rings (SSSR count). The first-order valence-corrected chi connectivity index (χ1v) is 7.82. The number of amides is 1. The number of benzene rings is 1. The van der Waals surface area contributed by atoms with Gasteiger partial charge < -0.3 is 14.4 Å². The monoisotopic (exact) mass is 373 g/mol. The van der Waals surface area contributed by atoms with Gasteiger partial charge in [-0.2, -0.15) is 0 Å². The van der Waals surface area contributed by atoms with E-state index >= 15 is 0 Å². The van der Waals surface area contributed by atoms with E-state index in [0.29, 0.717) is 5.56 Å². The normalized spacial score (nSPS) is 25.4. The molecule has 0 aromatic heterocycles. The SMILES string of the molecule is CC(C)CN1C(=O)C(OC(=O)c2ccccc2)OC(Br)C1F. The number of carbonyl (C=O) groups is 2. The van der Waals surface area contributed by atoms with E-state index in [9.17, 15) is 14.0 Å². The van der Waals surface area contributed by atoms with Crippen LogP contribution in [0, 0.1) is 5.92 Å². The van der Waals surface area contributed by atoms with E-state index in [2.05, 4.69) is 15.9 Å². The molecule has 1 fully saturated rings. The summed E-state index contributed by atoms with van der Waals surface area (Å²) in [5.41, 5.74) is 0.294. The molecule has 0 saturated carbocycles. The number of hydrogen-bond donors (Lipinski definition) is 0. The molecule has 22 heavy (non-hydrogen) atoms. The average molecular weight is 374 g/mol. The van der Waals surface area contributed by atoms with E-state index < -0.39 is 29.5 Å². The minimum absolute atomic E-state index is 0.0745. The summed E-state index contributed by atoms with van der Waals surface area (Å²) in [5, 5.41) is -1.04. The standard InChI is InChI=1S/C15H17BrFNO4/c1-9(2)8-18-12(17)11(16)21-15(13(18)19)22-14(20)10-6-4-3-5-7-10/h3-7,9,11-12,15H,8H2,1-2H3. The van der Waals surface area contributed by atoms with Gasteiger partial charge >= 0.3 is 5.97 Å². The fourth-order valence-corrected chi connectivity index (χ4v) is 2.52. The van der Waals surface area contributed by atoms with Crippen molar-refractivity contribution in [2.45, 2.75) is 31.4 Å². The van der Waals surface area contributed by atoms with Gasteiger partial charge in [-0.05, 0) is 18.1 Å². The Morgan fingerprint density at radius 2 is 2.05 bits per heavy atom. The molecule has 1 amide bonds. The van der Waals surface area contributed by atoms with Gasteiger partial charge in [-0.1, -0.05) is 48.0 Å². The Morgan fingerprint density at radius 1 is 1.41 bits per heavy atom. The summed E-state index contributed by atoms with van der Waals surface area (Å²) in [6, 6.07) is 8.23. The van der Waals surface area contributed by atoms with E-state index in [4.69, 9.17) is 9.47 Å². The minimum Gasteiger partial charge on any atom is -0.422 e. The highest BCUT2D eigenvalue weighted by Crippen LogP contribution is 2.26. The molecule has 3 unspecified atom stereocenters. The summed E-state index contributed by atoms with van der Waals surface area (Å²) in [5.74, 6) is -1.31. The Kier molecular flexibility index (Phi) is 5.52. The highest BCUT2D eigenvalue weighted by Gasteiger charge is 2.44. The average Bonchev–Trinajstić information content (AvgIpc) is 2.49. The zero-order chi connectivity index (χ0) is 16.3. The third-order valence-electron chi connectivity index (χ3n) is 3.04. The van der Waals surface area contributed by atoms with Crippen molar-refractivity contribution in [1.82, 2.24) is 4.90 Å². The molecular weight excluding hydrogens is 357 g/mol. The predicted molar refractivity (Wildman–Crippen MR) is 80.9 cm³/mol. The van der Waals surface area contributed by atoms with Crippen molar-refractivity contribution in [2.24, 2.45) is 5.92 Å². The van der Waals surface area contributed by atoms with Crippen LogP contribution in [0.3, 0.4) is 0 Å². The van der Waals surface area contributed by atoms with Gasteiger partial charge in [-0.25, -0.2) is 9.18 Å². The van der Waals surface area contributed by atoms with E-state index in [1.807, 2.05) is 13.8 Å². The van der Waals surface area contributed by atoms with Gasteiger partial charge in [0.15, 0.2) is 5.01 Å². The van der Waals surface area contributed by atoms with E-state index in [-0.39, 0.29) is 12.5 Å². The van der Waals surface area contributed by atoms with Gasteiger partial charge in [-0.3, -0.25) is 4.79 Å². The Hall–Kier alpha value is -1.47. The molecule has 0 bridgehead atoms. The quantitative estimate of drug-likeness (QED) is 0.462. The molecule has 1 aliphatic rings. The molecule has 1 saturated heterocycles. The molecule has 5 nitrogen and oxygen atoms in total. The number of hydrogen-bond acceptors (Lipinski definition) is 4. The fraction of sp³-hybridized carbons (Fsp3) is 0.467. The molecule has 120 valence electrons. The molecule has 7 heteroatoms. The molecule has 1 aliphatic heterocycles. The van der Waals surface area contributed by atoms with Crippen LogP contribution in [0.2, 0.25) is 0 Å². The van der Waals surface area contributed by atoms with Gasteiger partial charge in [0.05, 0.1) is 5.56 Å². The number of nitrogens with zero attached hydrogens (tertiary/aromatic N) is 1. The summed E-state index contributed by atoms with van der Waals surface area (Å²) >= 11 is 3.02. The van der Waals surface area contributed by atoms with Gasteiger partial charge in [0.25, 0.3) is 12.2 Å². The van der Waals surface area contributed by atoms with Gasteiger partial charge in [0.1, 0.15) is 0 Å². The van der Waals surface area contributed by atoms with Gasteiger partial charge in [0.2, 0.25) is 6.30 Å². The van der Waals surface area contributed by atoms with Crippen LogP contribution >= 0.6 is 15.9 Å². The first kappa shape index (κ1) is 16.9. The van der Waals surface area contributed by atoms with E-state index in [1.165, 1.54) is 0 Å². The predicted octanol–water partition coefficient (Wildman–Crippen LogP) is 2.70. The number of morpholine rings is 1. The number of carbonyl (C=O) groups excluding carboxylic acids is 2. The topological polar surface area (TPSA) is 55.8 Å². The zero-order valence-electron chi connectivity index (χ0n) is 12.2. The molecule has 0 spiro atoms. The third kappa shape index (κ3) is 3.84. The molecule has 3 atom stereocenters. The number of alkyl halides is 2. The van der Waals surface area contributed by atoms with Crippen LogP contribution in [-0.2, 0) is 14.3 Å². The van der Waals surface area contributed by atoms with Crippen LogP contribution in [0.5, 0.6) is 0 Å². The van der Waals surface area contributed by atoms with Crippen molar-refractivity contribution in [1.29, 1.82) is 0 Å². The number of halogens is 2. The summed E-state index contributed by atoms with van der Waals surface area (Å²) in [6.45, 7) is 3.94. The van der Waals surface area contributed by atoms with Crippen LogP contribution in [0.25, 0.3) is 0 Å². The molecule has 0 N–H and O–H groups in total. The number of esters is 1. The highest BCUT2D eigenvalue weighted by molar-refractivity contribution is 9.09. The molecule has 1 aromatic rings. The lowest BCUT2D eigenvalue weighted by Gasteiger charge is -2.38. The Bertz CT molecular complexity index is 540. The molecular formula is C15H17BrFNO4. The van der Waals surface area contributed by atoms with Crippen molar-refractivity contribution in [2.75, 3.05) is 6.54 Å². The van der Waals surface area contributed by atoms with Crippen molar-refractivity contribution in [3.05, 3.63) is 35.9 Å². The van der Waals surface area contributed by atoms with Gasteiger partial charge in [-0.15, -0.1) is 0 Å². The number of ether oxygens (including phenoxy) is 2. The Balaban J connectivity index is 2.10. The van der Waals surface area contributed by atoms with Crippen molar-refractivity contribution >= 4 is 27.8 Å². The summed E-state index contributed by atoms with van der Waals surface area (Å²) in [6.07, 6.45) is -3.08. The highest BCUT2D eigenvalue weighted by atomic mass is 79.9. The van der Waals surface area contributed by atoms with Crippen molar-refractivity contribution < 1.29 is 23.5 Å². The van der Waals surface area contributed by atoms with Crippen molar-refractivity contribution in [3.63, 3.8) is 0 Å². The molecule has 1 aromatic carbocycles. The van der Waals surface area contributed by atoms with Crippen LogP contribution in [0.15, 0.2) is 30.3 Å². The number of rotatable bonds is 4. The largest absolute Gasteiger partial charge is 0.422 e. The van der Waals surface area contributed by atoms with Crippen LogP contribution in [-0.4, -0.2) is 40.9 Å². The molecule has 0 aliphatic carbocycles. The molecule has 1 heterocycles. The van der Waals surface area contributed by atoms with Crippen LogP contribution < -0.4 is 0 Å². The second kappa shape index (κ2) is 7.19. The van der Waals surface area contributed by atoms with E-state index in [0.717, 1.165) is 4.90 Å². The lowest BCUT2D eigenvalue weighted by molar-refractivity contribution is -0.209. The van der Waals surface area contributed by atoms with Crippen LogP contribution in [0.4, 0.5) is 4.39 Å². The van der Waals surface area contributed by atoms with Gasteiger partial charge in [0, 0.05) is 6.54 Å². The maximum Gasteiger partial charge on any atom is 0.340 e. The maximum atomic E-state index is 14.1. The summed E-state index contributed by atoms with van der Waals surface area (Å²) in [4.78, 5) is 25.3. The van der Waals surface area contributed by atoms with Crippen LogP contribution in [0.1, 0.15) is 24.2 Å². The molecule has 0 radical (unpaired) electrons. The summed E-state index contributed by atoms with van der Waals surface area (Å²) in [7, 11) is 0. The second-order valence-electron chi connectivity index (χ2n) is 5.35. The Labute approximate surface area is 136 Å². The first-order chi connectivity index (χ1) is 10.4. The Morgan fingerprint density at radius 3 is 2.64 bits per heavy atom. The maximum absolute atomic E-state index is 14.1.